The van der Waals surface area contributed by atoms with Gasteiger partial charge in [-0.15, -0.1) is 11.3 Å². The van der Waals surface area contributed by atoms with Crippen molar-refractivity contribution in [2.24, 2.45) is 5.92 Å². The molecule has 1 aliphatic carbocycles. The van der Waals surface area contributed by atoms with Gasteiger partial charge in [0.25, 0.3) is 0 Å². The summed E-state index contributed by atoms with van der Waals surface area (Å²) in [6.07, 6.45) is 2.19. The maximum Gasteiger partial charge on any atom is 0.248 e. The van der Waals surface area contributed by atoms with E-state index in [0.29, 0.717) is 18.8 Å². The van der Waals surface area contributed by atoms with Gasteiger partial charge in [0.05, 0.1) is 4.34 Å². The first-order chi connectivity index (χ1) is 9.00. The second-order valence-electron chi connectivity index (χ2n) is 5.27. The minimum atomic E-state index is -2.44. The maximum atomic E-state index is 13.2. The molecule has 108 valence electrons. The van der Waals surface area contributed by atoms with Crippen molar-refractivity contribution in [1.82, 2.24) is 5.32 Å². The van der Waals surface area contributed by atoms with Crippen LogP contribution < -0.4 is 5.32 Å². The minimum Gasteiger partial charge on any atom is -0.314 e. The number of rotatable bonds is 5. The molecule has 1 aromatic rings. The minimum absolute atomic E-state index is 0.0325. The third kappa shape index (κ3) is 4.40. The van der Waals surface area contributed by atoms with E-state index in [1.165, 1.54) is 4.88 Å². The van der Waals surface area contributed by atoms with Gasteiger partial charge in [0.2, 0.25) is 5.92 Å². The van der Waals surface area contributed by atoms with Crippen LogP contribution in [0.5, 0.6) is 0 Å². The zero-order valence-electron chi connectivity index (χ0n) is 11.1. The van der Waals surface area contributed by atoms with Gasteiger partial charge in [0.15, 0.2) is 0 Å². The number of nitrogens with one attached hydrogen (secondary N) is 1. The first kappa shape index (κ1) is 15.2. The Morgan fingerprint density at radius 3 is 2.63 bits per heavy atom. The first-order valence-corrected chi connectivity index (χ1v) is 8.05. The van der Waals surface area contributed by atoms with Crippen molar-refractivity contribution >= 4 is 22.9 Å². The monoisotopic (exact) mass is 307 g/mol. The molecule has 0 aromatic carbocycles. The lowest BCUT2D eigenvalue weighted by Crippen LogP contribution is -2.41. The smallest absolute Gasteiger partial charge is 0.248 e. The Labute approximate surface area is 122 Å². The number of hydrogen-bond acceptors (Lipinski definition) is 2. The van der Waals surface area contributed by atoms with Crippen LogP contribution in [0.1, 0.15) is 37.5 Å². The third-order valence-electron chi connectivity index (χ3n) is 3.85. The number of halogens is 3. The summed E-state index contributed by atoms with van der Waals surface area (Å²) in [4.78, 5) is 1.23. The van der Waals surface area contributed by atoms with Gasteiger partial charge in [-0.2, -0.15) is 0 Å². The van der Waals surface area contributed by atoms with Crippen LogP contribution in [0.4, 0.5) is 8.78 Å². The van der Waals surface area contributed by atoms with E-state index < -0.39 is 5.92 Å². The van der Waals surface area contributed by atoms with Crippen LogP contribution in [0.25, 0.3) is 0 Å². The molecule has 1 N–H and O–H groups in total. The molecule has 1 fully saturated rings. The molecule has 1 aromatic heterocycles. The Kier molecular flexibility index (Phi) is 5.21. The van der Waals surface area contributed by atoms with Crippen molar-refractivity contribution in [2.75, 3.05) is 6.54 Å². The van der Waals surface area contributed by atoms with Crippen molar-refractivity contribution in [3.63, 3.8) is 0 Å². The van der Waals surface area contributed by atoms with Crippen LogP contribution in [-0.4, -0.2) is 18.5 Å². The first-order valence-electron chi connectivity index (χ1n) is 6.85. The number of thiophene rings is 1. The highest BCUT2D eigenvalue weighted by molar-refractivity contribution is 7.16. The van der Waals surface area contributed by atoms with Gasteiger partial charge in [-0.1, -0.05) is 18.5 Å². The maximum absolute atomic E-state index is 13.2. The molecule has 1 aliphatic rings. The lowest BCUT2D eigenvalue weighted by molar-refractivity contribution is -0.0494. The summed E-state index contributed by atoms with van der Waals surface area (Å²) in [6, 6.07) is 4.23. The predicted molar refractivity (Wildman–Crippen MR) is 77.4 cm³/mol. The molecule has 5 heteroatoms. The summed E-state index contributed by atoms with van der Waals surface area (Å²) in [7, 11) is 0. The molecule has 1 heterocycles. The molecule has 0 amide bonds. The third-order valence-corrected chi connectivity index (χ3v) is 5.10. The van der Waals surface area contributed by atoms with Gasteiger partial charge in [-0.05, 0) is 43.9 Å². The van der Waals surface area contributed by atoms with E-state index in [4.69, 9.17) is 11.6 Å². The van der Waals surface area contributed by atoms with Gasteiger partial charge < -0.3 is 5.32 Å². The molecule has 1 saturated carbocycles. The molecular formula is C14H20ClF2NS. The van der Waals surface area contributed by atoms with Crippen LogP contribution in [0.3, 0.4) is 0 Å². The zero-order chi connectivity index (χ0) is 13.9. The highest BCUT2D eigenvalue weighted by Gasteiger charge is 2.37. The molecule has 1 unspecified atom stereocenters. The second kappa shape index (κ2) is 6.51. The average Bonchev–Trinajstić information content (AvgIpc) is 2.74. The molecule has 0 bridgehead atoms. The van der Waals surface area contributed by atoms with Crippen molar-refractivity contribution in [2.45, 2.75) is 51.0 Å². The fourth-order valence-electron chi connectivity index (χ4n) is 2.81. The van der Waals surface area contributed by atoms with Crippen molar-refractivity contribution in [3.05, 3.63) is 21.3 Å². The second-order valence-corrected chi connectivity index (χ2v) is 7.07. The van der Waals surface area contributed by atoms with E-state index in [2.05, 4.69) is 12.2 Å². The van der Waals surface area contributed by atoms with Crippen LogP contribution in [-0.2, 0) is 6.42 Å². The van der Waals surface area contributed by atoms with E-state index in [1.807, 2.05) is 12.1 Å². The van der Waals surface area contributed by atoms with Crippen LogP contribution >= 0.6 is 22.9 Å². The zero-order valence-corrected chi connectivity index (χ0v) is 12.7. The van der Waals surface area contributed by atoms with Crippen molar-refractivity contribution < 1.29 is 8.78 Å². The number of hydrogen-bond donors (Lipinski definition) is 1. The van der Waals surface area contributed by atoms with Crippen molar-refractivity contribution in [1.29, 1.82) is 0 Å². The molecule has 0 aliphatic heterocycles. The van der Waals surface area contributed by atoms with Crippen molar-refractivity contribution in [3.8, 4) is 0 Å². The fourth-order valence-corrected chi connectivity index (χ4v) is 3.96. The van der Waals surface area contributed by atoms with Gasteiger partial charge in [0.1, 0.15) is 0 Å². The molecule has 1 atom stereocenters. The van der Waals surface area contributed by atoms with Gasteiger partial charge in [0, 0.05) is 23.8 Å². The fraction of sp³-hybridized carbons (Fsp3) is 0.714. The highest BCUT2D eigenvalue weighted by Crippen LogP contribution is 2.38. The van der Waals surface area contributed by atoms with Crippen LogP contribution in [0, 0.1) is 5.92 Å². The number of likely N-dealkylation sites (N-methyl/N-ethyl adjacent to an activating group) is 1. The molecule has 0 radical (unpaired) electrons. The summed E-state index contributed by atoms with van der Waals surface area (Å²) in [5.74, 6) is -2.10. The Morgan fingerprint density at radius 1 is 1.42 bits per heavy atom. The summed E-state index contributed by atoms with van der Waals surface area (Å²) in [5, 5.41) is 3.46. The standard InChI is InChI=1S/C14H20ClF2NS/c1-2-18-12(9-11-3-4-13(15)19-11)10-5-7-14(16,17)8-6-10/h3-4,10,12,18H,2,5-9H2,1H3. The Morgan fingerprint density at radius 2 is 2.11 bits per heavy atom. The molecule has 0 spiro atoms. The van der Waals surface area contributed by atoms with Gasteiger partial charge in [-0.3, -0.25) is 0 Å². The predicted octanol–water partition coefficient (Wildman–Crippen LogP) is 4.75. The topological polar surface area (TPSA) is 12.0 Å². The summed E-state index contributed by atoms with van der Waals surface area (Å²) in [6.45, 7) is 2.93. The summed E-state index contributed by atoms with van der Waals surface area (Å²) < 4.78 is 27.2. The summed E-state index contributed by atoms with van der Waals surface area (Å²) in [5.41, 5.74) is 0. The van der Waals surface area contributed by atoms with E-state index >= 15 is 0 Å². The normalized spacial score (nSPS) is 21.5. The lowest BCUT2D eigenvalue weighted by atomic mass is 9.81. The molecule has 2 rings (SSSR count). The Bertz CT molecular complexity index is 398. The van der Waals surface area contributed by atoms with E-state index in [-0.39, 0.29) is 18.9 Å². The van der Waals surface area contributed by atoms with Crippen LogP contribution in [0.2, 0.25) is 4.34 Å². The molecular weight excluding hydrogens is 288 g/mol. The van der Waals surface area contributed by atoms with E-state index in [9.17, 15) is 8.78 Å². The molecule has 0 saturated heterocycles. The molecule has 1 nitrogen and oxygen atoms in total. The van der Waals surface area contributed by atoms with Gasteiger partial charge in [-0.25, -0.2) is 8.78 Å². The number of alkyl halides is 2. The average molecular weight is 308 g/mol. The summed E-state index contributed by atoms with van der Waals surface area (Å²) >= 11 is 7.53. The Balaban J connectivity index is 1.96. The largest absolute Gasteiger partial charge is 0.314 e. The quantitative estimate of drug-likeness (QED) is 0.828. The Hall–Kier alpha value is -0.190. The molecule has 19 heavy (non-hydrogen) atoms. The lowest BCUT2D eigenvalue weighted by Gasteiger charge is -2.34. The van der Waals surface area contributed by atoms with E-state index in [0.717, 1.165) is 17.3 Å². The van der Waals surface area contributed by atoms with Crippen LogP contribution in [0.15, 0.2) is 12.1 Å². The van der Waals surface area contributed by atoms with E-state index in [1.54, 1.807) is 11.3 Å². The SMILES string of the molecule is CCNC(Cc1ccc(Cl)s1)C1CCC(F)(F)CC1. The highest BCUT2D eigenvalue weighted by atomic mass is 35.5. The van der Waals surface area contributed by atoms with Gasteiger partial charge >= 0.3 is 0 Å².